The van der Waals surface area contributed by atoms with E-state index in [2.05, 4.69) is 5.32 Å². The van der Waals surface area contributed by atoms with Crippen LogP contribution < -0.4 is 11.1 Å². The fourth-order valence-corrected chi connectivity index (χ4v) is 1.89. The maximum Gasteiger partial charge on any atom is 0.328 e. The molecule has 110 valence electrons. The van der Waals surface area contributed by atoms with Crippen LogP contribution >= 0.6 is 0 Å². The Balaban J connectivity index is 2.84. The minimum atomic E-state index is -0.634. The zero-order valence-electron chi connectivity index (χ0n) is 12.4. The van der Waals surface area contributed by atoms with Gasteiger partial charge in [-0.1, -0.05) is 13.8 Å². The van der Waals surface area contributed by atoms with Gasteiger partial charge in [-0.3, -0.25) is 4.79 Å². The first-order valence-electron chi connectivity index (χ1n) is 6.60. The van der Waals surface area contributed by atoms with Crippen LogP contribution in [0.4, 0.5) is 5.69 Å². The number of hydrogen-bond acceptors (Lipinski definition) is 4. The highest BCUT2D eigenvalue weighted by Crippen LogP contribution is 2.13. The summed E-state index contributed by atoms with van der Waals surface area (Å²) in [6, 6.07) is 4.39. The first kappa shape index (κ1) is 16.0. The second-order valence-corrected chi connectivity index (χ2v) is 5.25. The van der Waals surface area contributed by atoms with Crippen molar-refractivity contribution in [2.45, 2.75) is 33.2 Å². The number of nitrogens with two attached hydrogens (primary N) is 1. The number of carbonyl (C=O) groups excluding carboxylic acids is 2. The highest BCUT2D eigenvalue weighted by atomic mass is 16.5. The zero-order chi connectivity index (χ0) is 15.3. The maximum atomic E-state index is 12.2. The average Bonchev–Trinajstić information content (AvgIpc) is 2.39. The normalized spacial score (nSPS) is 12.1. The van der Waals surface area contributed by atoms with E-state index in [1.54, 1.807) is 18.2 Å². The zero-order valence-corrected chi connectivity index (χ0v) is 12.4. The number of benzene rings is 1. The van der Waals surface area contributed by atoms with Gasteiger partial charge in [0, 0.05) is 11.3 Å². The lowest BCUT2D eigenvalue weighted by Gasteiger charge is -2.18. The molecule has 0 bridgehead atoms. The molecule has 0 saturated carbocycles. The molecule has 1 atom stereocenters. The van der Waals surface area contributed by atoms with Gasteiger partial charge in [0.25, 0.3) is 5.91 Å². The van der Waals surface area contributed by atoms with E-state index in [4.69, 9.17) is 10.5 Å². The lowest BCUT2D eigenvalue weighted by atomic mass is 10.0. The van der Waals surface area contributed by atoms with Gasteiger partial charge < -0.3 is 15.8 Å². The summed E-state index contributed by atoms with van der Waals surface area (Å²) >= 11 is 0. The summed E-state index contributed by atoms with van der Waals surface area (Å²) in [4.78, 5) is 23.8. The lowest BCUT2D eigenvalue weighted by Crippen LogP contribution is -2.42. The summed E-state index contributed by atoms with van der Waals surface area (Å²) in [6.07, 6.45) is 0.534. The monoisotopic (exact) mass is 278 g/mol. The number of esters is 1. The molecule has 5 nitrogen and oxygen atoms in total. The van der Waals surface area contributed by atoms with Crippen LogP contribution in [0, 0.1) is 12.8 Å². The number of methoxy groups -OCH3 is 1. The molecule has 0 radical (unpaired) electrons. The quantitative estimate of drug-likeness (QED) is 0.636. The summed E-state index contributed by atoms with van der Waals surface area (Å²) in [7, 11) is 1.31. The molecule has 0 saturated heterocycles. The van der Waals surface area contributed by atoms with Gasteiger partial charge in [0.2, 0.25) is 0 Å². The van der Waals surface area contributed by atoms with Crippen LogP contribution in [0.5, 0.6) is 0 Å². The molecule has 1 aromatic carbocycles. The van der Waals surface area contributed by atoms with Gasteiger partial charge in [0.15, 0.2) is 0 Å². The number of rotatable bonds is 5. The molecule has 0 fully saturated rings. The molecule has 0 aliphatic heterocycles. The molecule has 3 N–H and O–H groups in total. The fourth-order valence-electron chi connectivity index (χ4n) is 1.89. The van der Waals surface area contributed by atoms with E-state index in [9.17, 15) is 9.59 Å². The molecule has 1 amide bonds. The molecule has 0 heterocycles. The number of anilines is 1. The van der Waals surface area contributed by atoms with Gasteiger partial charge in [-0.2, -0.15) is 0 Å². The standard InChI is InChI=1S/C15H22N2O3/c1-9(2)7-13(15(19)20-4)17-14(18)11-5-6-12(16)10(3)8-11/h5-6,8-9,13H,7,16H2,1-4H3,(H,17,18). The second kappa shape index (κ2) is 6.93. The summed E-state index contributed by atoms with van der Waals surface area (Å²) < 4.78 is 4.72. The molecule has 20 heavy (non-hydrogen) atoms. The van der Waals surface area contributed by atoms with Crippen LogP contribution in [-0.4, -0.2) is 25.0 Å². The van der Waals surface area contributed by atoms with E-state index >= 15 is 0 Å². The van der Waals surface area contributed by atoms with E-state index in [1.165, 1.54) is 7.11 Å². The van der Waals surface area contributed by atoms with Crippen LogP contribution in [0.2, 0.25) is 0 Å². The Morgan fingerprint density at radius 3 is 2.50 bits per heavy atom. The van der Waals surface area contributed by atoms with Crippen LogP contribution in [-0.2, 0) is 9.53 Å². The lowest BCUT2D eigenvalue weighted by molar-refractivity contribution is -0.143. The molecule has 0 aromatic heterocycles. The van der Waals surface area contributed by atoms with Gasteiger partial charge in [-0.25, -0.2) is 4.79 Å². The minimum absolute atomic E-state index is 0.271. The number of hydrogen-bond donors (Lipinski definition) is 2. The molecule has 0 aliphatic carbocycles. The highest BCUT2D eigenvalue weighted by molar-refractivity contribution is 5.97. The first-order chi connectivity index (χ1) is 9.35. The minimum Gasteiger partial charge on any atom is -0.467 e. The highest BCUT2D eigenvalue weighted by Gasteiger charge is 2.23. The van der Waals surface area contributed by atoms with Crippen LogP contribution in [0.25, 0.3) is 0 Å². The molecule has 1 unspecified atom stereocenters. The van der Waals surface area contributed by atoms with E-state index in [0.29, 0.717) is 17.7 Å². The van der Waals surface area contributed by atoms with Crippen molar-refractivity contribution in [1.82, 2.24) is 5.32 Å². The summed E-state index contributed by atoms with van der Waals surface area (Å²) in [6.45, 7) is 5.79. The molecule has 0 aliphatic rings. The molecule has 1 rings (SSSR count). The molecule has 1 aromatic rings. The van der Waals surface area contributed by atoms with E-state index in [-0.39, 0.29) is 11.8 Å². The number of nitrogens with one attached hydrogen (secondary N) is 1. The second-order valence-electron chi connectivity index (χ2n) is 5.25. The van der Waals surface area contributed by atoms with Crippen molar-refractivity contribution < 1.29 is 14.3 Å². The first-order valence-corrected chi connectivity index (χ1v) is 6.60. The molecular formula is C15H22N2O3. The van der Waals surface area contributed by atoms with Gasteiger partial charge in [0.05, 0.1) is 7.11 Å². The summed E-state index contributed by atoms with van der Waals surface area (Å²) in [5.41, 5.74) is 7.66. The topological polar surface area (TPSA) is 81.4 Å². The predicted octanol–water partition coefficient (Wildman–Crippen LogP) is 1.89. The summed E-state index contributed by atoms with van der Waals surface area (Å²) in [5.74, 6) is -0.462. The van der Waals surface area contributed by atoms with Crippen LogP contribution in [0.3, 0.4) is 0 Å². The van der Waals surface area contributed by atoms with Gasteiger partial charge in [0.1, 0.15) is 6.04 Å². The Morgan fingerprint density at radius 2 is 2.00 bits per heavy atom. The van der Waals surface area contributed by atoms with Gasteiger partial charge in [-0.05, 0) is 43.0 Å². The third kappa shape index (κ3) is 4.26. The number of nitrogen functional groups attached to an aromatic ring is 1. The molecule has 0 spiro atoms. The van der Waals surface area contributed by atoms with Crippen molar-refractivity contribution >= 4 is 17.6 Å². The van der Waals surface area contributed by atoms with Crippen molar-refractivity contribution in [2.75, 3.05) is 12.8 Å². The third-order valence-corrected chi connectivity index (χ3v) is 3.03. The molecular weight excluding hydrogens is 256 g/mol. The van der Waals surface area contributed by atoms with Crippen molar-refractivity contribution in [2.24, 2.45) is 5.92 Å². The Kier molecular flexibility index (Phi) is 5.55. The van der Waals surface area contributed by atoms with Gasteiger partial charge >= 0.3 is 5.97 Å². The van der Waals surface area contributed by atoms with E-state index in [0.717, 1.165) is 5.56 Å². The Bertz CT molecular complexity index is 498. The van der Waals surface area contributed by atoms with E-state index < -0.39 is 12.0 Å². The predicted molar refractivity (Wildman–Crippen MR) is 78.3 cm³/mol. The summed E-state index contributed by atoms with van der Waals surface area (Å²) in [5, 5.41) is 2.71. The number of carbonyl (C=O) groups is 2. The number of aryl methyl sites for hydroxylation is 1. The van der Waals surface area contributed by atoms with Crippen LogP contribution in [0.15, 0.2) is 18.2 Å². The van der Waals surface area contributed by atoms with Crippen molar-refractivity contribution in [3.8, 4) is 0 Å². The Labute approximate surface area is 119 Å². The SMILES string of the molecule is COC(=O)C(CC(C)C)NC(=O)c1ccc(N)c(C)c1. The fraction of sp³-hybridized carbons (Fsp3) is 0.467. The Hall–Kier alpha value is -2.04. The number of amides is 1. The van der Waals surface area contributed by atoms with Gasteiger partial charge in [-0.15, -0.1) is 0 Å². The number of ether oxygens (including phenoxy) is 1. The largest absolute Gasteiger partial charge is 0.467 e. The van der Waals surface area contributed by atoms with Crippen LogP contribution in [0.1, 0.15) is 36.2 Å². The Morgan fingerprint density at radius 1 is 1.35 bits per heavy atom. The maximum absolute atomic E-state index is 12.2. The van der Waals surface area contributed by atoms with E-state index in [1.807, 2.05) is 20.8 Å². The third-order valence-electron chi connectivity index (χ3n) is 3.03. The smallest absolute Gasteiger partial charge is 0.328 e. The van der Waals surface area contributed by atoms with Crippen molar-refractivity contribution in [1.29, 1.82) is 0 Å². The molecule has 5 heteroatoms. The average molecular weight is 278 g/mol. The van der Waals surface area contributed by atoms with Crippen molar-refractivity contribution in [3.63, 3.8) is 0 Å². The van der Waals surface area contributed by atoms with Crippen molar-refractivity contribution in [3.05, 3.63) is 29.3 Å².